The number of urea groups is 1. The van der Waals surface area contributed by atoms with Crippen LogP contribution in [-0.4, -0.2) is 54.5 Å². The molecule has 2 aromatic rings. The van der Waals surface area contributed by atoms with Crippen molar-refractivity contribution in [1.29, 1.82) is 0 Å². The highest BCUT2D eigenvalue weighted by molar-refractivity contribution is 6.30. The number of piperazine rings is 1. The van der Waals surface area contributed by atoms with Crippen molar-refractivity contribution < 1.29 is 9.59 Å². The van der Waals surface area contributed by atoms with Crippen molar-refractivity contribution in [2.45, 2.75) is 6.54 Å². The Labute approximate surface area is 163 Å². The van der Waals surface area contributed by atoms with Crippen LogP contribution in [0, 0.1) is 0 Å². The van der Waals surface area contributed by atoms with Crippen molar-refractivity contribution in [3.05, 3.63) is 59.2 Å². The number of benzene rings is 1. The molecule has 1 aromatic heterocycles. The molecule has 1 aliphatic rings. The van der Waals surface area contributed by atoms with Gasteiger partial charge in [0.15, 0.2) is 0 Å². The summed E-state index contributed by atoms with van der Waals surface area (Å²) in [5, 5.41) is 6.06. The van der Waals surface area contributed by atoms with Gasteiger partial charge in [0.2, 0.25) is 5.91 Å². The van der Waals surface area contributed by atoms with E-state index in [0.29, 0.717) is 37.7 Å². The first-order chi connectivity index (χ1) is 13.1. The van der Waals surface area contributed by atoms with Crippen LogP contribution in [0.3, 0.4) is 0 Å². The second-order valence-electron chi connectivity index (χ2n) is 6.23. The van der Waals surface area contributed by atoms with Crippen molar-refractivity contribution in [3.8, 4) is 0 Å². The van der Waals surface area contributed by atoms with Gasteiger partial charge in [0.05, 0.1) is 6.54 Å². The molecule has 0 unspecified atom stereocenters. The minimum Gasteiger partial charge on any atom is -0.353 e. The number of pyridine rings is 1. The van der Waals surface area contributed by atoms with Gasteiger partial charge in [-0.3, -0.25) is 4.79 Å². The molecule has 27 heavy (non-hydrogen) atoms. The lowest BCUT2D eigenvalue weighted by Gasteiger charge is -2.35. The Morgan fingerprint density at radius 2 is 1.85 bits per heavy atom. The van der Waals surface area contributed by atoms with Crippen LogP contribution >= 0.6 is 11.6 Å². The summed E-state index contributed by atoms with van der Waals surface area (Å²) in [6.07, 6.45) is 1.76. The monoisotopic (exact) mass is 387 g/mol. The molecule has 1 aromatic carbocycles. The van der Waals surface area contributed by atoms with E-state index in [1.165, 1.54) is 0 Å². The van der Waals surface area contributed by atoms with Gasteiger partial charge in [0.1, 0.15) is 5.82 Å². The first-order valence-electron chi connectivity index (χ1n) is 8.82. The lowest BCUT2D eigenvalue weighted by molar-refractivity contribution is -0.120. The molecular weight excluding hydrogens is 366 g/mol. The third-order valence-corrected chi connectivity index (χ3v) is 4.55. The Balaban J connectivity index is 1.37. The van der Waals surface area contributed by atoms with E-state index < -0.39 is 0 Å². The molecule has 1 aliphatic heterocycles. The summed E-state index contributed by atoms with van der Waals surface area (Å²) in [4.78, 5) is 32.4. The number of hydrogen-bond donors (Lipinski definition) is 2. The summed E-state index contributed by atoms with van der Waals surface area (Å²) in [5.74, 6) is 0.674. The van der Waals surface area contributed by atoms with Gasteiger partial charge >= 0.3 is 6.03 Å². The van der Waals surface area contributed by atoms with Gasteiger partial charge in [-0.1, -0.05) is 29.8 Å². The van der Waals surface area contributed by atoms with Crippen molar-refractivity contribution >= 4 is 29.4 Å². The van der Waals surface area contributed by atoms with Crippen LogP contribution in [0.25, 0.3) is 0 Å². The number of carbonyl (C=O) groups is 2. The number of nitrogens with one attached hydrogen (secondary N) is 2. The maximum absolute atomic E-state index is 12.2. The normalized spacial score (nSPS) is 14.0. The summed E-state index contributed by atoms with van der Waals surface area (Å²) in [5.41, 5.74) is 0.910. The maximum Gasteiger partial charge on any atom is 0.317 e. The quantitative estimate of drug-likeness (QED) is 0.821. The van der Waals surface area contributed by atoms with Gasteiger partial charge in [0, 0.05) is 43.9 Å². The molecule has 3 amide bonds. The zero-order valence-electron chi connectivity index (χ0n) is 14.9. The molecule has 0 spiro atoms. The summed E-state index contributed by atoms with van der Waals surface area (Å²) in [7, 11) is 0. The maximum atomic E-state index is 12.2. The third-order valence-electron chi connectivity index (χ3n) is 4.32. The Hall–Kier alpha value is -2.80. The van der Waals surface area contributed by atoms with E-state index in [-0.39, 0.29) is 18.5 Å². The number of nitrogens with zero attached hydrogens (tertiary/aromatic N) is 3. The molecule has 0 aliphatic carbocycles. The highest BCUT2D eigenvalue weighted by Gasteiger charge is 2.21. The zero-order chi connectivity index (χ0) is 19.1. The van der Waals surface area contributed by atoms with E-state index in [9.17, 15) is 9.59 Å². The van der Waals surface area contributed by atoms with Crippen molar-refractivity contribution in [1.82, 2.24) is 20.5 Å². The fraction of sp³-hybridized carbons (Fsp3) is 0.316. The SMILES string of the molecule is O=C(CNC(=O)N1CCN(c2ccccn2)CC1)NCc1cccc(Cl)c1. The first-order valence-corrected chi connectivity index (χ1v) is 9.19. The van der Waals surface area contributed by atoms with Gasteiger partial charge in [0.25, 0.3) is 0 Å². The first kappa shape index (κ1) is 19.0. The number of amides is 3. The van der Waals surface area contributed by atoms with E-state index in [4.69, 9.17) is 11.6 Å². The molecule has 1 saturated heterocycles. The molecular formula is C19H22ClN5O2. The van der Waals surface area contributed by atoms with Gasteiger partial charge in [-0.05, 0) is 29.8 Å². The van der Waals surface area contributed by atoms with Gasteiger partial charge in [-0.25, -0.2) is 9.78 Å². The van der Waals surface area contributed by atoms with Crippen LogP contribution in [0.2, 0.25) is 5.02 Å². The molecule has 2 heterocycles. The van der Waals surface area contributed by atoms with E-state index in [0.717, 1.165) is 11.4 Å². The standard InChI is InChI=1S/C19H22ClN5O2/c20-16-5-3-4-15(12-16)13-22-18(26)14-23-19(27)25-10-8-24(9-11-25)17-6-1-2-7-21-17/h1-7,12H,8-11,13-14H2,(H,22,26)(H,23,27). The van der Waals surface area contributed by atoms with Gasteiger partial charge in [-0.15, -0.1) is 0 Å². The van der Waals surface area contributed by atoms with Crippen molar-refractivity contribution in [2.24, 2.45) is 0 Å². The van der Waals surface area contributed by atoms with Crippen LogP contribution in [-0.2, 0) is 11.3 Å². The number of anilines is 1. The number of carbonyl (C=O) groups excluding carboxylic acids is 2. The van der Waals surface area contributed by atoms with Crippen LogP contribution in [0.4, 0.5) is 10.6 Å². The molecule has 3 rings (SSSR count). The zero-order valence-corrected chi connectivity index (χ0v) is 15.7. The van der Waals surface area contributed by atoms with Crippen molar-refractivity contribution in [3.63, 3.8) is 0 Å². The number of rotatable bonds is 5. The third kappa shape index (κ3) is 5.59. The average molecular weight is 388 g/mol. The van der Waals surface area contributed by atoms with E-state index >= 15 is 0 Å². The molecule has 8 heteroatoms. The van der Waals surface area contributed by atoms with E-state index in [2.05, 4.69) is 20.5 Å². The van der Waals surface area contributed by atoms with Crippen LogP contribution in [0.15, 0.2) is 48.7 Å². The average Bonchev–Trinajstić information content (AvgIpc) is 2.71. The summed E-state index contributed by atoms with van der Waals surface area (Å²) in [6.45, 7) is 2.92. The molecule has 0 saturated carbocycles. The minimum absolute atomic E-state index is 0.0557. The molecule has 7 nitrogen and oxygen atoms in total. The van der Waals surface area contributed by atoms with Crippen LogP contribution in [0.5, 0.6) is 0 Å². The lowest BCUT2D eigenvalue weighted by Crippen LogP contribution is -2.53. The molecule has 1 fully saturated rings. The second kappa shape index (κ2) is 9.23. The summed E-state index contributed by atoms with van der Waals surface area (Å²) < 4.78 is 0. The molecule has 0 bridgehead atoms. The highest BCUT2D eigenvalue weighted by atomic mass is 35.5. The molecule has 0 radical (unpaired) electrons. The van der Waals surface area contributed by atoms with E-state index in [1.54, 1.807) is 23.2 Å². The Kier molecular flexibility index (Phi) is 6.49. The fourth-order valence-corrected chi connectivity index (χ4v) is 3.07. The summed E-state index contributed by atoms with van der Waals surface area (Å²) >= 11 is 5.92. The topological polar surface area (TPSA) is 77.6 Å². The van der Waals surface area contributed by atoms with Gasteiger partial charge < -0.3 is 20.4 Å². The van der Waals surface area contributed by atoms with Crippen LogP contribution in [0.1, 0.15) is 5.56 Å². The Morgan fingerprint density at radius 3 is 2.56 bits per heavy atom. The molecule has 0 atom stereocenters. The van der Waals surface area contributed by atoms with Crippen LogP contribution < -0.4 is 15.5 Å². The Morgan fingerprint density at radius 1 is 1.04 bits per heavy atom. The smallest absolute Gasteiger partial charge is 0.317 e. The number of aromatic nitrogens is 1. The predicted octanol–water partition coefficient (Wildman–Crippen LogP) is 1.88. The number of halogens is 1. The highest BCUT2D eigenvalue weighted by Crippen LogP contribution is 2.12. The minimum atomic E-state index is -0.240. The van der Waals surface area contributed by atoms with Crippen molar-refractivity contribution in [2.75, 3.05) is 37.6 Å². The largest absolute Gasteiger partial charge is 0.353 e. The summed E-state index contributed by atoms with van der Waals surface area (Å²) in [6, 6.07) is 12.8. The fourth-order valence-electron chi connectivity index (χ4n) is 2.86. The second-order valence-corrected chi connectivity index (χ2v) is 6.66. The van der Waals surface area contributed by atoms with E-state index in [1.807, 2.05) is 30.3 Å². The lowest BCUT2D eigenvalue weighted by atomic mass is 10.2. The predicted molar refractivity (Wildman–Crippen MR) is 105 cm³/mol. The number of hydrogen-bond acceptors (Lipinski definition) is 4. The molecule has 142 valence electrons. The Bertz CT molecular complexity index is 779. The van der Waals surface area contributed by atoms with Gasteiger partial charge in [-0.2, -0.15) is 0 Å². The molecule has 2 N–H and O–H groups in total.